The lowest BCUT2D eigenvalue weighted by atomic mass is 10.1. The molecule has 5 heteroatoms. The first-order valence-corrected chi connectivity index (χ1v) is 6.77. The van der Waals surface area contributed by atoms with E-state index in [2.05, 4.69) is 26.6 Å². The zero-order chi connectivity index (χ0) is 13.1. The average molecular weight is 313 g/mol. The van der Waals surface area contributed by atoms with Gasteiger partial charge < -0.3 is 15.4 Å². The molecule has 1 aromatic carbocycles. The standard InChI is InChI=1S/C13H17BrN2O2/c1-8-5-10(6-9(2)12(8)14)16-13(17)11-7-15-3-4-18-11/h5-6,11,15H,3-4,7H2,1-2H3,(H,16,17). The van der Waals surface area contributed by atoms with Gasteiger partial charge in [0.05, 0.1) is 6.61 Å². The molecule has 0 saturated carbocycles. The van der Waals surface area contributed by atoms with E-state index in [4.69, 9.17) is 4.74 Å². The van der Waals surface area contributed by atoms with Crippen molar-refractivity contribution in [3.63, 3.8) is 0 Å². The minimum absolute atomic E-state index is 0.0941. The second-order valence-electron chi connectivity index (χ2n) is 4.48. The van der Waals surface area contributed by atoms with Crippen molar-refractivity contribution >= 4 is 27.5 Å². The lowest BCUT2D eigenvalue weighted by Gasteiger charge is -2.23. The van der Waals surface area contributed by atoms with Crippen molar-refractivity contribution < 1.29 is 9.53 Å². The SMILES string of the molecule is Cc1cc(NC(=O)C2CNCCO2)cc(C)c1Br. The van der Waals surface area contributed by atoms with Gasteiger partial charge in [0.15, 0.2) is 0 Å². The first-order chi connectivity index (χ1) is 8.58. The second-order valence-corrected chi connectivity index (χ2v) is 5.27. The highest BCUT2D eigenvalue weighted by Gasteiger charge is 2.21. The number of aryl methyl sites for hydroxylation is 2. The first-order valence-electron chi connectivity index (χ1n) is 5.98. The van der Waals surface area contributed by atoms with Crippen LogP contribution in [-0.2, 0) is 9.53 Å². The Morgan fingerprint density at radius 3 is 2.67 bits per heavy atom. The van der Waals surface area contributed by atoms with Crippen LogP contribution in [-0.4, -0.2) is 31.7 Å². The lowest BCUT2D eigenvalue weighted by molar-refractivity contribution is -0.128. The van der Waals surface area contributed by atoms with Crippen molar-refractivity contribution in [2.75, 3.05) is 25.0 Å². The Morgan fingerprint density at radius 2 is 2.11 bits per heavy atom. The summed E-state index contributed by atoms with van der Waals surface area (Å²) >= 11 is 3.51. The molecule has 0 aromatic heterocycles. The molecule has 1 aliphatic rings. The van der Waals surface area contributed by atoms with Crippen LogP contribution in [0.5, 0.6) is 0 Å². The van der Waals surface area contributed by atoms with Crippen LogP contribution in [0.1, 0.15) is 11.1 Å². The fraction of sp³-hybridized carbons (Fsp3) is 0.462. The van der Waals surface area contributed by atoms with E-state index in [1.165, 1.54) is 0 Å². The van der Waals surface area contributed by atoms with Crippen LogP contribution in [0.3, 0.4) is 0 Å². The molecule has 1 fully saturated rings. The smallest absolute Gasteiger partial charge is 0.254 e. The predicted molar refractivity (Wildman–Crippen MR) is 74.9 cm³/mol. The monoisotopic (exact) mass is 312 g/mol. The molecular weight excluding hydrogens is 296 g/mol. The molecule has 2 rings (SSSR count). The molecule has 1 heterocycles. The van der Waals surface area contributed by atoms with E-state index >= 15 is 0 Å². The van der Waals surface area contributed by atoms with Crippen LogP contribution in [0.25, 0.3) is 0 Å². The number of nitrogens with one attached hydrogen (secondary N) is 2. The number of amides is 1. The van der Waals surface area contributed by atoms with E-state index in [-0.39, 0.29) is 5.91 Å². The van der Waals surface area contributed by atoms with Gasteiger partial charge in [-0.15, -0.1) is 0 Å². The molecule has 1 unspecified atom stereocenters. The Morgan fingerprint density at radius 1 is 1.44 bits per heavy atom. The largest absolute Gasteiger partial charge is 0.366 e. The molecule has 1 saturated heterocycles. The van der Waals surface area contributed by atoms with Gasteiger partial charge in [-0.25, -0.2) is 0 Å². The summed E-state index contributed by atoms with van der Waals surface area (Å²) in [6, 6.07) is 3.90. The number of morpholine rings is 1. The highest BCUT2D eigenvalue weighted by Crippen LogP contribution is 2.25. The molecular formula is C13H17BrN2O2. The number of hydrogen-bond donors (Lipinski definition) is 2. The Bertz CT molecular complexity index is 433. The molecule has 0 aliphatic carbocycles. The summed E-state index contributed by atoms with van der Waals surface area (Å²) in [6.45, 7) is 5.97. The normalized spacial score (nSPS) is 19.6. The molecule has 1 aliphatic heterocycles. The molecule has 0 bridgehead atoms. The average Bonchev–Trinajstić information content (AvgIpc) is 2.37. The molecule has 1 atom stereocenters. The van der Waals surface area contributed by atoms with Crippen molar-refractivity contribution in [2.45, 2.75) is 20.0 Å². The van der Waals surface area contributed by atoms with Crippen molar-refractivity contribution in [1.82, 2.24) is 5.32 Å². The molecule has 2 N–H and O–H groups in total. The number of hydrogen-bond acceptors (Lipinski definition) is 3. The van der Waals surface area contributed by atoms with Gasteiger partial charge in [-0.1, -0.05) is 15.9 Å². The number of carbonyl (C=O) groups excluding carboxylic acids is 1. The minimum atomic E-state index is -0.400. The molecule has 1 amide bonds. The number of rotatable bonds is 2. The van der Waals surface area contributed by atoms with Crippen molar-refractivity contribution in [3.8, 4) is 0 Å². The third-order valence-corrected chi connectivity index (χ3v) is 4.17. The molecule has 0 spiro atoms. The minimum Gasteiger partial charge on any atom is -0.366 e. The van der Waals surface area contributed by atoms with E-state index in [1.807, 2.05) is 26.0 Å². The Labute approximate surface area is 115 Å². The molecule has 18 heavy (non-hydrogen) atoms. The maximum Gasteiger partial charge on any atom is 0.254 e. The topological polar surface area (TPSA) is 50.4 Å². The van der Waals surface area contributed by atoms with Gasteiger partial charge in [-0.2, -0.15) is 0 Å². The van der Waals surface area contributed by atoms with Gasteiger partial charge in [0.1, 0.15) is 6.10 Å². The van der Waals surface area contributed by atoms with Crippen LogP contribution in [0.15, 0.2) is 16.6 Å². The number of halogens is 1. The predicted octanol–water partition coefficient (Wildman–Crippen LogP) is 1.99. The van der Waals surface area contributed by atoms with Gasteiger partial charge in [-0.3, -0.25) is 4.79 Å². The number of benzene rings is 1. The summed E-state index contributed by atoms with van der Waals surface area (Å²) in [6.07, 6.45) is -0.400. The Hall–Kier alpha value is -0.910. The van der Waals surface area contributed by atoms with Crippen LogP contribution < -0.4 is 10.6 Å². The molecule has 0 radical (unpaired) electrons. The van der Waals surface area contributed by atoms with Gasteiger partial charge in [0.2, 0.25) is 0 Å². The van der Waals surface area contributed by atoms with E-state index < -0.39 is 6.10 Å². The van der Waals surface area contributed by atoms with Crippen LogP contribution in [0.2, 0.25) is 0 Å². The highest BCUT2D eigenvalue weighted by molar-refractivity contribution is 9.10. The van der Waals surface area contributed by atoms with Crippen molar-refractivity contribution in [2.24, 2.45) is 0 Å². The van der Waals surface area contributed by atoms with Gasteiger partial charge in [0.25, 0.3) is 5.91 Å². The lowest BCUT2D eigenvalue weighted by Crippen LogP contribution is -2.45. The zero-order valence-corrected chi connectivity index (χ0v) is 12.1. The van der Waals surface area contributed by atoms with E-state index in [9.17, 15) is 4.79 Å². The van der Waals surface area contributed by atoms with E-state index in [0.29, 0.717) is 13.2 Å². The quantitative estimate of drug-likeness (QED) is 0.878. The van der Waals surface area contributed by atoms with Gasteiger partial charge >= 0.3 is 0 Å². The second kappa shape index (κ2) is 5.82. The fourth-order valence-corrected chi connectivity index (χ4v) is 2.20. The van der Waals surface area contributed by atoms with E-state index in [0.717, 1.165) is 27.8 Å². The fourth-order valence-electron chi connectivity index (χ4n) is 1.97. The van der Waals surface area contributed by atoms with Crippen molar-refractivity contribution in [1.29, 1.82) is 0 Å². The molecule has 1 aromatic rings. The Kier molecular flexibility index (Phi) is 4.37. The molecule has 4 nitrogen and oxygen atoms in total. The third kappa shape index (κ3) is 3.10. The summed E-state index contributed by atoms with van der Waals surface area (Å²) < 4.78 is 6.49. The van der Waals surface area contributed by atoms with Gasteiger partial charge in [-0.05, 0) is 37.1 Å². The van der Waals surface area contributed by atoms with Crippen molar-refractivity contribution in [3.05, 3.63) is 27.7 Å². The van der Waals surface area contributed by atoms with E-state index in [1.54, 1.807) is 0 Å². The first kappa shape index (κ1) is 13.5. The Balaban J connectivity index is 2.06. The number of anilines is 1. The summed E-state index contributed by atoms with van der Waals surface area (Å²) in [4.78, 5) is 12.0. The summed E-state index contributed by atoms with van der Waals surface area (Å²) in [5.74, 6) is -0.0941. The van der Waals surface area contributed by atoms with Crippen LogP contribution >= 0.6 is 15.9 Å². The number of carbonyl (C=O) groups is 1. The third-order valence-electron chi connectivity index (χ3n) is 2.92. The number of ether oxygens (including phenoxy) is 1. The summed E-state index contributed by atoms with van der Waals surface area (Å²) in [7, 11) is 0. The van der Waals surface area contributed by atoms with Crippen LogP contribution in [0, 0.1) is 13.8 Å². The highest BCUT2D eigenvalue weighted by atomic mass is 79.9. The summed E-state index contributed by atoms with van der Waals surface area (Å²) in [5.41, 5.74) is 3.02. The van der Waals surface area contributed by atoms with Crippen LogP contribution in [0.4, 0.5) is 5.69 Å². The maximum atomic E-state index is 12.0. The summed E-state index contributed by atoms with van der Waals surface area (Å²) in [5, 5.41) is 6.04. The zero-order valence-electron chi connectivity index (χ0n) is 10.5. The van der Waals surface area contributed by atoms with Gasteiger partial charge in [0, 0.05) is 23.2 Å². The molecule has 98 valence electrons. The maximum absolute atomic E-state index is 12.0.